The van der Waals surface area contributed by atoms with Crippen LogP contribution in [0.25, 0.3) is 10.9 Å². The lowest BCUT2D eigenvalue weighted by Gasteiger charge is -2.02. The number of ether oxygens (including phenoxy) is 2. The van der Waals surface area contributed by atoms with E-state index in [1.54, 1.807) is 20.3 Å². The maximum absolute atomic E-state index is 11.8. The maximum atomic E-state index is 11.8. The number of fused-ring (bicyclic) bond motifs is 1. The monoisotopic (exact) mass is 489 g/mol. The summed E-state index contributed by atoms with van der Waals surface area (Å²) in [6, 6.07) is 25.7. The van der Waals surface area contributed by atoms with E-state index in [4.69, 9.17) is 9.47 Å². The number of hydrogen-bond donors (Lipinski definition) is 3. The molecule has 0 aliphatic rings. The molecule has 7 nitrogen and oxygen atoms in total. The van der Waals surface area contributed by atoms with Gasteiger partial charge in [-0.1, -0.05) is 55.0 Å². The minimum Gasteiger partial charge on any atom is -0.497 e. The van der Waals surface area contributed by atoms with Crippen LogP contribution < -0.4 is 20.1 Å². The zero-order chi connectivity index (χ0) is 26.2. The van der Waals surface area contributed by atoms with Crippen LogP contribution in [-0.4, -0.2) is 44.6 Å². The molecule has 0 aliphatic carbocycles. The minimum absolute atomic E-state index is 0.206. The van der Waals surface area contributed by atoms with Gasteiger partial charge >= 0.3 is 0 Å². The summed E-state index contributed by atoms with van der Waals surface area (Å²) in [4.78, 5) is 24.9. The van der Waals surface area contributed by atoms with E-state index >= 15 is 0 Å². The Bertz CT molecular complexity index is 1190. The molecule has 36 heavy (non-hydrogen) atoms. The molecule has 0 radical (unpaired) electrons. The summed E-state index contributed by atoms with van der Waals surface area (Å²) in [5.41, 5.74) is 3.99. The van der Waals surface area contributed by atoms with Gasteiger partial charge < -0.3 is 25.1 Å². The lowest BCUT2D eigenvalue weighted by atomic mass is 10.2. The van der Waals surface area contributed by atoms with E-state index in [0.29, 0.717) is 25.2 Å². The van der Waals surface area contributed by atoms with Crippen molar-refractivity contribution in [2.45, 2.75) is 20.3 Å². The van der Waals surface area contributed by atoms with Gasteiger partial charge in [0, 0.05) is 24.0 Å². The summed E-state index contributed by atoms with van der Waals surface area (Å²) in [6.45, 7) is 5.01. The zero-order valence-corrected chi connectivity index (χ0v) is 21.3. The van der Waals surface area contributed by atoms with E-state index in [0.717, 1.165) is 28.8 Å². The molecule has 190 valence electrons. The minimum atomic E-state index is -0.206. The van der Waals surface area contributed by atoms with E-state index < -0.39 is 0 Å². The second-order valence-corrected chi connectivity index (χ2v) is 7.82. The van der Waals surface area contributed by atoms with Crippen LogP contribution in [0.5, 0.6) is 11.5 Å². The molecule has 0 aliphatic heterocycles. The van der Waals surface area contributed by atoms with Gasteiger partial charge in [-0.05, 0) is 55.3 Å². The van der Waals surface area contributed by atoms with Crippen LogP contribution in [0.1, 0.15) is 28.5 Å². The topological polar surface area (TPSA) is 92.4 Å². The smallest absolute Gasteiger partial charge is 0.267 e. The number of benzene rings is 3. The first-order chi connectivity index (χ1) is 17.5. The molecule has 3 aromatic carbocycles. The van der Waals surface area contributed by atoms with Gasteiger partial charge in [0.15, 0.2) is 0 Å². The fraction of sp³-hybridized carbons (Fsp3) is 0.241. The third kappa shape index (κ3) is 9.54. The van der Waals surface area contributed by atoms with Crippen LogP contribution in [0, 0.1) is 6.92 Å². The molecular formula is C29H35N3O4. The average molecular weight is 490 g/mol. The predicted octanol–water partition coefficient (Wildman–Crippen LogP) is 4.90. The van der Waals surface area contributed by atoms with Crippen LogP contribution in [-0.2, 0) is 11.2 Å². The van der Waals surface area contributed by atoms with Gasteiger partial charge in [-0.25, -0.2) is 0 Å². The quantitative estimate of drug-likeness (QED) is 0.242. The zero-order valence-electron chi connectivity index (χ0n) is 21.3. The second-order valence-electron chi connectivity index (χ2n) is 7.82. The third-order valence-corrected chi connectivity index (χ3v) is 5.19. The molecule has 0 fully saturated rings. The summed E-state index contributed by atoms with van der Waals surface area (Å²) in [5, 5.41) is 6.09. The van der Waals surface area contributed by atoms with Crippen molar-refractivity contribution in [1.82, 2.24) is 15.6 Å². The fourth-order valence-corrected chi connectivity index (χ4v) is 3.19. The molecule has 0 spiro atoms. The molecule has 2 amide bonds. The summed E-state index contributed by atoms with van der Waals surface area (Å²) >= 11 is 0. The predicted molar refractivity (Wildman–Crippen MR) is 145 cm³/mol. The summed E-state index contributed by atoms with van der Waals surface area (Å²) < 4.78 is 10.2. The molecule has 0 saturated carbocycles. The van der Waals surface area contributed by atoms with Crippen molar-refractivity contribution in [3.63, 3.8) is 0 Å². The Kier molecular flexibility index (Phi) is 12.1. The van der Waals surface area contributed by atoms with Crippen LogP contribution >= 0.6 is 0 Å². The Hall–Kier alpha value is -4.26. The van der Waals surface area contributed by atoms with Crippen LogP contribution in [0.15, 0.2) is 78.9 Å². The molecule has 0 atom stereocenters. The Morgan fingerprint density at radius 1 is 0.889 bits per heavy atom. The molecule has 4 rings (SSSR count). The molecule has 3 N–H and O–H groups in total. The highest BCUT2D eigenvalue weighted by Crippen LogP contribution is 2.21. The normalized spacial score (nSPS) is 9.67. The first kappa shape index (κ1) is 28.0. The third-order valence-electron chi connectivity index (χ3n) is 5.19. The second kappa shape index (κ2) is 15.6. The highest BCUT2D eigenvalue weighted by atomic mass is 16.5. The van der Waals surface area contributed by atoms with E-state index in [2.05, 4.69) is 53.7 Å². The standard InChI is InChI=1S/C13H15N3O3.C9H12O.C7H8/c1-19-10-2-3-11-9(6-10)7-12(16-11)13(18)15-5-4-14-8-17;1-3-8-5-4-6-9(7-8)10-2;1-7-5-3-2-4-6-7/h2-3,6-8,16H,4-5H2,1H3,(H,14,17)(H,15,18);4-7H,3H2,1-2H3;2-6H,1H3. The first-order valence-corrected chi connectivity index (χ1v) is 11.8. The van der Waals surface area contributed by atoms with E-state index in [1.807, 2.05) is 48.5 Å². The van der Waals surface area contributed by atoms with Gasteiger partial charge in [0.1, 0.15) is 17.2 Å². The van der Waals surface area contributed by atoms with Crippen molar-refractivity contribution in [3.8, 4) is 11.5 Å². The van der Waals surface area contributed by atoms with E-state index in [1.165, 1.54) is 11.1 Å². The molecule has 0 unspecified atom stereocenters. The lowest BCUT2D eigenvalue weighted by Crippen LogP contribution is -2.31. The van der Waals surface area contributed by atoms with Gasteiger partial charge in [0.05, 0.1) is 14.2 Å². The van der Waals surface area contributed by atoms with Gasteiger partial charge in [-0.15, -0.1) is 0 Å². The van der Waals surface area contributed by atoms with Crippen LogP contribution in [0.2, 0.25) is 0 Å². The SMILES string of the molecule is CCc1cccc(OC)c1.COc1ccc2[nH]c(C(=O)NCCNC=O)cc2c1.Cc1ccccc1. The highest BCUT2D eigenvalue weighted by Gasteiger charge is 2.09. The van der Waals surface area contributed by atoms with Gasteiger partial charge in [-0.2, -0.15) is 0 Å². The number of amides is 2. The number of aromatic nitrogens is 1. The Labute approximate surface area is 212 Å². The fourth-order valence-electron chi connectivity index (χ4n) is 3.19. The van der Waals surface area contributed by atoms with Crippen molar-refractivity contribution < 1.29 is 19.1 Å². The Balaban J connectivity index is 0.000000222. The van der Waals surface area contributed by atoms with Gasteiger partial charge in [-0.3, -0.25) is 9.59 Å². The van der Waals surface area contributed by atoms with Crippen molar-refractivity contribution in [2.75, 3.05) is 27.3 Å². The number of H-pyrrole nitrogens is 1. The highest BCUT2D eigenvalue weighted by molar-refractivity contribution is 5.98. The number of carbonyl (C=O) groups is 2. The number of rotatable bonds is 8. The summed E-state index contributed by atoms with van der Waals surface area (Å²) in [5.74, 6) is 1.48. The molecule has 1 heterocycles. The van der Waals surface area contributed by atoms with Gasteiger partial charge in [0.2, 0.25) is 6.41 Å². The Morgan fingerprint density at radius 2 is 1.61 bits per heavy atom. The van der Waals surface area contributed by atoms with Crippen molar-refractivity contribution in [1.29, 1.82) is 0 Å². The molecule has 0 saturated heterocycles. The molecule has 7 heteroatoms. The van der Waals surface area contributed by atoms with Crippen molar-refractivity contribution >= 4 is 23.2 Å². The average Bonchev–Trinajstić information content (AvgIpc) is 3.36. The van der Waals surface area contributed by atoms with Crippen LogP contribution in [0.3, 0.4) is 0 Å². The number of hydrogen-bond acceptors (Lipinski definition) is 4. The summed E-state index contributed by atoms with van der Waals surface area (Å²) in [7, 11) is 3.29. The number of aromatic amines is 1. The molecule has 0 bridgehead atoms. The van der Waals surface area contributed by atoms with Crippen molar-refractivity contribution in [3.05, 3.63) is 95.7 Å². The van der Waals surface area contributed by atoms with Gasteiger partial charge in [0.25, 0.3) is 5.91 Å². The number of methoxy groups -OCH3 is 2. The molecular weight excluding hydrogens is 454 g/mol. The molecule has 1 aromatic heterocycles. The molecule has 4 aromatic rings. The largest absolute Gasteiger partial charge is 0.497 e. The van der Waals surface area contributed by atoms with Crippen molar-refractivity contribution in [2.24, 2.45) is 0 Å². The first-order valence-electron chi connectivity index (χ1n) is 11.8. The number of nitrogens with one attached hydrogen (secondary N) is 3. The summed E-state index contributed by atoms with van der Waals surface area (Å²) in [6.07, 6.45) is 1.67. The Morgan fingerprint density at radius 3 is 2.22 bits per heavy atom. The van der Waals surface area contributed by atoms with E-state index in [9.17, 15) is 9.59 Å². The number of aryl methyl sites for hydroxylation is 2. The maximum Gasteiger partial charge on any atom is 0.267 e. The lowest BCUT2D eigenvalue weighted by molar-refractivity contribution is -0.109. The van der Waals surface area contributed by atoms with Crippen LogP contribution in [0.4, 0.5) is 0 Å². The number of carbonyl (C=O) groups excluding carboxylic acids is 2. The van der Waals surface area contributed by atoms with E-state index in [-0.39, 0.29) is 5.91 Å².